The fourth-order valence-corrected chi connectivity index (χ4v) is 1.56. The SMILES string of the molecule is C=CC(=O)N(C/C=C/CCCCCO)CCC. The molecule has 0 unspecified atom stereocenters. The molecule has 0 saturated carbocycles. The molecule has 0 spiro atoms. The number of amides is 1. The molecule has 1 N–H and O–H groups in total. The molecule has 3 nitrogen and oxygen atoms in total. The fourth-order valence-electron chi connectivity index (χ4n) is 1.56. The molecule has 0 rings (SSSR count). The van der Waals surface area contributed by atoms with Gasteiger partial charge in [0.05, 0.1) is 0 Å². The van der Waals surface area contributed by atoms with Crippen molar-refractivity contribution >= 4 is 5.91 Å². The highest BCUT2D eigenvalue weighted by Crippen LogP contribution is 2.01. The maximum Gasteiger partial charge on any atom is 0.246 e. The molecule has 0 heterocycles. The Bertz CT molecular complexity index is 236. The summed E-state index contributed by atoms with van der Waals surface area (Å²) < 4.78 is 0. The molecule has 0 aromatic carbocycles. The highest BCUT2D eigenvalue weighted by atomic mass is 16.2. The molecular formula is C14H25NO2. The van der Waals surface area contributed by atoms with E-state index in [1.165, 1.54) is 6.08 Å². The number of nitrogens with zero attached hydrogens (tertiary/aromatic N) is 1. The van der Waals surface area contributed by atoms with E-state index >= 15 is 0 Å². The molecule has 98 valence electrons. The minimum Gasteiger partial charge on any atom is -0.396 e. The maximum atomic E-state index is 11.5. The Kier molecular flexibility index (Phi) is 10.7. The van der Waals surface area contributed by atoms with Crippen LogP contribution in [0.1, 0.15) is 39.0 Å². The van der Waals surface area contributed by atoms with Gasteiger partial charge in [0.1, 0.15) is 0 Å². The van der Waals surface area contributed by atoms with Crippen LogP contribution in [0.2, 0.25) is 0 Å². The van der Waals surface area contributed by atoms with Crippen LogP contribution in [-0.4, -0.2) is 35.6 Å². The number of carbonyl (C=O) groups is 1. The summed E-state index contributed by atoms with van der Waals surface area (Å²) >= 11 is 0. The zero-order valence-corrected chi connectivity index (χ0v) is 10.9. The molecule has 0 aliphatic heterocycles. The van der Waals surface area contributed by atoms with E-state index < -0.39 is 0 Å². The van der Waals surface area contributed by atoms with Crippen molar-refractivity contribution in [3.8, 4) is 0 Å². The van der Waals surface area contributed by atoms with Crippen LogP contribution in [0.4, 0.5) is 0 Å². The van der Waals surface area contributed by atoms with E-state index in [-0.39, 0.29) is 12.5 Å². The second-order valence-corrected chi connectivity index (χ2v) is 4.03. The molecule has 3 heteroatoms. The van der Waals surface area contributed by atoms with E-state index in [0.29, 0.717) is 6.54 Å². The first-order valence-electron chi connectivity index (χ1n) is 6.43. The Morgan fingerprint density at radius 1 is 1.29 bits per heavy atom. The maximum absolute atomic E-state index is 11.5. The van der Waals surface area contributed by atoms with Crippen LogP contribution < -0.4 is 0 Å². The summed E-state index contributed by atoms with van der Waals surface area (Å²) in [6, 6.07) is 0. The van der Waals surface area contributed by atoms with Crippen molar-refractivity contribution in [1.82, 2.24) is 4.90 Å². The van der Waals surface area contributed by atoms with E-state index in [0.717, 1.165) is 38.6 Å². The van der Waals surface area contributed by atoms with Crippen molar-refractivity contribution in [2.45, 2.75) is 39.0 Å². The van der Waals surface area contributed by atoms with E-state index in [1.54, 1.807) is 4.90 Å². The first-order valence-corrected chi connectivity index (χ1v) is 6.43. The molecule has 0 aliphatic rings. The van der Waals surface area contributed by atoms with Crippen molar-refractivity contribution in [3.05, 3.63) is 24.8 Å². The molecule has 0 saturated heterocycles. The highest BCUT2D eigenvalue weighted by Gasteiger charge is 2.05. The first-order chi connectivity index (χ1) is 8.26. The van der Waals surface area contributed by atoms with E-state index in [9.17, 15) is 4.79 Å². The summed E-state index contributed by atoms with van der Waals surface area (Å²) in [6.45, 7) is 7.28. The number of aliphatic hydroxyl groups is 1. The molecule has 0 radical (unpaired) electrons. The highest BCUT2D eigenvalue weighted by molar-refractivity contribution is 5.87. The van der Waals surface area contributed by atoms with Gasteiger partial charge in [-0.25, -0.2) is 0 Å². The summed E-state index contributed by atoms with van der Waals surface area (Å²) in [4.78, 5) is 13.2. The number of carbonyl (C=O) groups excluding carboxylic acids is 1. The van der Waals surface area contributed by atoms with E-state index in [2.05, 4.69) is 19.6 Å². The molecule has 1 amide bonds. The minimum atomic E-state index is -0.00298. The lowest BCUT2D eigenvalue weighted by Crippen LogP contribution is -2.30. The number of unbranched alkanes of at least 4 members (excludes halogenated alkanes) is 3. The number of allylic oxidation sites excluding steroid dienone is 1. The fraction of sp³-hybridized carbons (Fsp3) is 0.643. The zero-order valence-electron chi connectivity index (χ0n) is 10.9. The third-order valence-corrected chi connectivity index (χ3v) is 2.50. The Hall–Kier alpha value is -1.09. The third-order valence-electron chi connectivity index (χ3n) is 2.50. The largest absolute Gasteiger partial charge is 0.396 e. The van der Waals surface area contributed by atoms with Crippen molar-refractivity contribution in [1.29, 1.82) is 0 Å². The van der Waals surface area contributed by atoms with Gasteiger partial charge >= 0.3 is 0 Å². The summed E-state index contributed by atoms with van der Waals surface area (Å²) in [6.07, 6.45) is 10.5. The van der Waals surface area contributed by atoms with Crippen LogP contribution in [0.3, 0.4) is 0 Å². The smallest absolute Gasteiger partial charge is 0.246 e. The quantitative estimate of drug-likeness (QED) is 0.361. The van der Waals surface area contributed by atoms with Gasteiger partial charge < -0.3 is 10.0 Å². The van der Waals surface area contributed by atoms with Gasteiger partial charge in [0.2, 0.25) is 5.91 Å². The molecule has 0 fully saturated rings. The average molecular weight is 239 g/mol. The lowest BCUT2D eigenvalue weighted by molar-refractivity contribution is -0.125. The van der Waals surface area contributed by atoms with E-state index in [4.69, 9.17) is 5.11 Å². The Labute approximate surface area is 105 Å². The third kappa shape index (κ3) is 8.69. The van der Waals surface area contributed by atoms with Crippen LogP contribution in [0.25, 0.3) is 0 Å². The van der Waals surface area contributed by atoms with Crippen LogP contribution in [0, 0.1) is 0 Å². The summed E-state index contributed by atoms with van der Waals surface area (Å²) in [5.74, 6) is -0.00298. The first kappa shape index (κ1) is 15.9. The normalized spacial score (nSPS) is 10.7. The molecule has 0 atom stereocenters. The van der Waals surface area contributed by atoms with Crippen LogP contribution in [0.15, 0.2) is 24.8 Å². The molecule has 17 heavy (non-hydrogen) atoms. The van der Waals surface area contributed by atoms with Crippen molar-refractivity contribution in [2.75, 3.05) is 19.7 Å². The van der Waals surface area contributed by atoms with Gasteiger partial charge in [-0.2, -0.15) is 0 Å². The van der Waals surface area contributed by atoms with Gasteiger partial charge in [-0.05, 0) is 31.8 Å². The van der Waals surface area contributed by atoms with Gasteiger partial charge in [0.25, 0.3) is 0 Å². The van der Waals surface area contributed by atoms with Crippen LogP contribution in [0.5, 0.6) is 0 Å². The Morgan fingerprint density at radius 3 is 2.65 bits per heavy atom. The van der Waals surface area contributed by atoms with Gasteiger partial charge in [-0.15, -0.1) is 0 Å². The summed E-state index contributed by atoms with van der Waals surface area (Å²) in [7, 11) is 0. The summed E-state index contributed by atoms with van der Waals surface area (Å²) in [5, 5.41) is 8.62. The van der Waals surface area contributed by atoms with Gasteiger partial charge in [-0.3, -0.25) is 4.79 Å². The van der Waals surface area contributed by atoms with Crippen molar-refractivity contribution < 1.29 is 9.90 Å². The van der Waals surface area contributed by atoms with Gasteiger partial charge in [0, 0.05) is 19.7 Å². The van der Waals surface area contributed by atoms with Crippen molar-refractivity contribution in [3.63, 3.8) is 0 Å². The lowest BCUT2D eigenvalue weighted by Gasteiger charge is -2.18. The molecular weight excluding hydrogens is 214 g/mol. The molecule has 0 bridgehead atoms. The summed E-state index contributed by atoms with van der Waals surface area (Å²) in [5.41, 5.74) is 0. The lowest BCUT2D eigenvalue weighted by atomic mass is 10.2. The Morgan fingerprint density at radius 2 is 2.06 bits per heavy atom. The molecule has 0 aromatic rings. The van der Waals surface area contributed by atoms with Gasteiger partial charge in [0.15, 0.2) is 0 Å². The second-order valence-electron chi connectivity index (χ2n) is 4.03. The van der Waals surface area contributed by atoms with Crippen LogP contribution in [-0.2, 0) is 4.79 Å². The Balaban J connectivity index is 3.75. The monoisotopic (exact) mass is 239 g/mol. The van der Waals surface area contributed by atoms with E-state index in [1.807, 2.05) is 6.08 Å². The number of hydrogen-bond donors (Lipinski definition) is 1. The minimum absolute atomic E-state index is 0.00298. The van der Waals surface area contributed by atoms with Crippen LogP contribution >= 0.6 is 0 Å². The number of hydrogen-bond acceptors (Lipinski definition) is 2. The predicted octanol–water partition coefficient (Wildman–Crippen LogP) is 2.52. The van der Waals surface area contributed by atoms with Gasteiger partial charge in [-0.1, -0.05) is 32.1 Å². The topological polar surface area (TPSA) is 40.5 Å². The molecule has 0 aromatic heterocycles. The zero-order chi connectivity index (χ0) is 12.9. The molecule has 0 aliphatic carbocycles. The number of rotatable bonds is 10. The standard InChI is InChI=1S/C14H25NO2/c1-3-11-15(14(17)4-2)12-9-7-5-6-8-10-13-16/h4,7,9,16H,2-3,5-6,8,10-13H2,1H3/b9-7+. The van der Waals surface area contributed by atoms with Crippen molar-refractivity contribution in [2.24, 2.45) is 0 Å². The average Bonchev–Trinajstić information content (AvgIpc) is 2.35. The second kappa shape index (κ2) is 11.4. The predicted molar refractivity (Wildman–Crippen MR) is 71.8 cm³/mol. The number of aliphatic hydroxyl groups excluding tert-OH is 1.